The van der Waals surface area contributed by atoms with Gasteiger partial charge in [-0.1, -0.05) is 18.2 Å². The van der Waals surface area contributed by atoms with Crippen molar-refractivity contribution in [1.82, 2.24) is 0 Å². The number of rotatable bonds is 4. The summed E-state index contributed by atoms with van der Waals surface area (Å²) in [5, 5.41) is 2.04. The van der Waals surface area contributed by atoms with Crippen molar-refractivity contribution in [3.05, 3.63) is 46.7 Å². The molecule has 0 aliphatic carbocycles. The molecule has 1 unspecified atom stereocenters. The summed E-state index contributed by atoms with van der Waals surface area (Å²) in [6.45, 7) is 0. The summed E-state index contributed by atoms with van der Waals surface area (Å²) in [5.41, 5.74) is 6.40. The maximum absolute atomic E-state index is 12.0. The zero-order chi connectivity index (χ0) is 11.4. The van der Waals surface area contributed by atoms with Crippen molar-refractivity contribution in [3.63, 3.8) is 0 Å². The highest BCUT2D eigenvalue weighted by Crippen LogP contribution is 2.17. The molecule has 0 aliphatic heterocycles. The minimum absolute atomic E-state index is 0.618. The number of nitrogens with two attached hydrogens (primary N) is 1. The molecular weight excluding hydrogens is 238 g/mol. The number of thiophene rings is 1. The Hall–Kier alpha value is -1.13. The quantitative estimate of drug-likeness (QED) is 0.849. The van der Waals surface area contributed by atoms with Gasteiger partial charge in [-0.2, -0.15) is 0 Å². The van der Waals surface area contributed by atoms with E-state index in [0.717, 1.165) is 11.3 Å². The number of benzene rings is 1. The molecule has 0 saturated carbocycles. The molecule has 0 bridgehead atoms. The van der Waals surface area contributed by atoms with E-state index in [0.29, 0.717) is 11.4 Å². The van der Waals surface area contributed by atoms with Gasteiger partial charge in [0.25, 0.3) is 0 Å². The van der Waals surface area contributed by atoms with Crippen LogP contribution in [-0.4, -0.2) is 9.96 Å². The summed E-state index contributed by atoms with van der Waals surface area (Å²) < 4.78 is 12.0. The second-order valence-electron chi connectivity index (χ2n) is 3.42. The first-order chi connectivity index (χ1) is 7.77. The van der Waals surface area contributed by atoms with Crippen LogP contribution in [0.2, 0.25) is 0 Å². The minimum Gasteiger partial charge on any atom is -0.398 e. The molecule has 16 heavy (non-hydrogen) atoms. The Labute approximate surface area is 102 Å². The molecule has 2 aromatic rings. The van der Waals surface area contributed by atoms with E-state index in [1.165, 1.54) is 4.88 Å². The van der Waals surface area contributed by atoms with Crippen molar-refractivity contribution in [2.45, 2.75) is 11.3 Å². The molecule has 1 aromatic carbocycles. The Morgan fingerprint density at radius 1 is 1.19 bits per heavy atom. The van der Waals surface area contributed by atoms with Crippen LogP contribution in [0.1, 0.15) is 4.88 Å². The Bertz CT molecular complexity index is 480. The molecule has 0 fully saturated rings. The molecule has 1 atom stereocenters. The Morgan fingerprint density at radius 2 is 2.00 bits per heavy atom. The van der Waals surface area contributed by atoms with E-state index in [1.807, 2.05) is 29.6 Å². The number of nitrogen functional groups attached to an aromatic ring is 1. The molecule has 2 N–H and O–H groups in total. The summed E-state index contributed by atoms with van der Waals surface area (Å²) in [5.74, 6) is 0.634. The van der Waals surface area contributed by atoms with Gasteiger partial charge in [0, 0.05) is 16.3 Å². The molecule has 0 amide bonds. The molecule has 0 aliphatic rings. The lowest BCUT2D eigenvalue weighted by molar-refractivity contribution is 0.683. The number of aryl methyl sites for hydroxylation is 1. The van der Waals surface area contributed by atoms with Gasteiger partial charge in [0.2, 0.25) is 0 Å². The number of hydrogen-bond acceptors (Lipinski definition) is 3. The summed E-state index contributed by atoms with van der Waals surface area (Å²) in [6.07, 6.45) is 0.846. The van der Waals surface area contributed by atoms with Crippen LogP contribution in [0, 0.1) is 0 Å². The van der Waals surface area contributed by atoms with Crippen LogP contribution >= 0.6 is 11.3 Å². The van der Waals surface area contributed by atoms with Crippen molar-refractivity contribution in [2.75, 3.05) is 11.5 Å². The lowest BCUT2D eigenvalue weighted by Crippen LogP contribution is -2.03. The van der Waals surface area contributed by atoms with Crippen LogP contribution in [-0.2, 0) is 17.2 Å². The first kappa shape index (κ1) is 11.4. The normalized spacial score (nSPS) is 12.5. The first-order valence-electron chi connectivity index (χ1n) is 5.02. The third kappa shape index (κ3) is 2.71. The first-order valence-corrected chi connectivity index (χ1v) is 7.22. The molecule has 0 radical (unpaired) electrons. The third-order valence-corrected chi connectivity index (χ3v) is 4.65. The molecule has 4 heteroatoms. The summed E-state index contributed by atoms with van der Waals surface area (Å²) in [7, 11) is -0.998. The van der Waals surface area contributed by atoms with E-state index in [2.05, 4.69) is 6.07 Å². The van der Waals surface area contributed by atoms with Crippen LogP contribution in [0.3, 0.4) is 0 Å². The van der Waals surface area contributed by atoms with E-state index in [9.17, 15) is 4.21 Å². The van der Waals surface area contributed by atoms with Gasteiger partial charge in [0.1, 0.15) is 0 Å². The standard InChI is InChI=1S/C12H13NOS2/c13-11-5-1-2-6-12(11)16(14)9-7-10-4-3-8-15-10/h1-6,8H,7,9,13H2. The molecule has 2 nitrogen and oxygen atoms in total. The van der Waals surface area contributed by atoms with Crippen molar-refractivity contribution >= 4 is 27.8 Å². The minimum atomic E-state index is -0.998. The van der Waals surface area contributed by atoms with Gasteiger partial charge in [-0.25, -0.2) is 0 Å². The molecule has 84 valence electrons. The van der Waals surface area contributed by atoms with E-state index in [1.54, 1.807) is 17.4 Å². The molecule has 1 aromatic heterocycles. The highest BCUT2D eigenvalue weighted by Gasteiger charge is 2.07. The van der Waals surface area contributed by atoms with E-state index < -0.39 is 10.8 Å². The zero-order valence-electron chi connectivity index (χ0n) is 8.76. The molecule has 0 saturated heterocycles. The van der Waals surface area contributed by atoms with Crippen LogP contribution in [0.5, 0.6) is 0 Å². The molecule has 1 heterocycles. The number of anilines is 1. The lowest BCUT2D eigenvalue weighted by atomic mass is 10.3. The van der Waals surface area contributed by atoms with Crippen LogP contribution in [0.15, 0.2) is 46.7 Å². The van der Waals surface area contributed by atoms with Gasteiger partial charge in [-0.05, 0) is 30.0 Å². The van der Waals surface area contributed by atoms with Gasteiger partial charge in [0.15, 0.2) is 0 Å². The Balaban J connectivity index is 2.01. The Morgan fingerprint density at radius 3 is 2.69 bits per heavy atom. The van der Waals surface area contributed by atoms with Crippen molar-refractivity contribution in [2.24, 2.45) is 0 Å². The fraction of sp³-hybridized carbons (Fsp3) is 0.167. The van der Waals surface area contributed by atoms with E-state index in [4.69, 9.17) is 5.73 Å². The van der Waals surface area contributed by atoms with Gasteiger partial charge < -0.3 is 5.73 Å². The number of para-hydroxylation sites is 1. The summed E-state index contributed by atoms with van der Waals surface area (Å²) in [6, 6.07) is 11.4. The van der Waals surface area contributed by atoms with E-state index >= 15 is 0 Å². The highest BCUT2D eigenvalue weighted by atomic mass is 32.2. The smallest absolute Gasteiger partial charge is 0.0617 e. The molecule has 0 spiro atoms. The predicted octanol–water partition coefficient (Wildman–Crippen LogP) is 2.68. The fourth-order valence-electron chi connectivity index (χ4n) is 1.45. The van der Waals surface area contributed by atoms with Gasteiger partial charge in [-0.15, -0.1) is 11.3 Å². The Kier molecular flexibility index (Phi) is 3.74. The maximum Gasteiger partial charge on any atom is 0.0617 e. The summed E-state index contributed by atoms with van der Waals surface area (Å²) >= 11 is 1.70. The van der Waals surface area contributed by atoms with Crippen molar-refractivity contribution in [1.29, 1.82) is 0 Å². The largest absolute Gasteiger partial charge is 0.398 e. The second kappa shape index (κ2) is 5.27. The average Bonchev–Trinajstić information content (AvgIpc) is 2.79. The second-order valence-corrected chi connectivity index (χ2v) is 5.99. The monoisotopic (exact) mass is 251 g/mol. The van der Waals surface area contributed by atoms with E-state index in [-0.39, 0.29) is 0 Å². The van der Waals surface area contributed by atoms with Gasteiger partial charge in [0.05, 0.1) is 15.7 Å². The molecule has 2 rings (SSSR count). The van der Waals surface area contributed by atoms with Crippen LogP contribution < -0.4 is 5.73 Å². The number of hydrogen-bond donors (Lipinski definition) is 1. The predicted molar refractivity (Wildman–Crippen MR) is 70.2 cm³/mol. The molecular formula is C12H13NOS2. The maximum atomic E-state index is 12.0. The lowest BCUT2D eigenvalue weighted by Gasteiger charge is -2.04. The van der Waals surface area contributed by atoms with Crippen LogP contribution in [0.25, 0.3) is 0 Å². The van der Waals surface area contributed by atoms with Crippen LogP contribution in [0.4, 0.5) is 5.69 Å². The van der Waals surface area contributed by atoms with Gasteiger partial charge >= 0.3 is 0 Å². The average molecular weight is 251 g/mol. The van der Waals surface area contributed by atoms with Gasteiger partial charge in [-0.3, -0.25) is 4.21 Å². The third-order valence-electron chi connectivity index (χ3n) is 2.28. The SMILES string of the molecule is Nc1ccccc1S(=O)CCc1cccs1. The van der Waals surface area contributed by atoms with Crippen molar-refractivity contribution < 1.29 is 4.21 Å². The topological polar surface area (TPSA) is 43.1 Å². The summed E-state index contributed by atoms with van der Waals surface area (Å²) in [4.78, 5) is 2.02. The highest BCUT2D eigenvalue weighted by molar-refractivity contribution is 7.85. The fourth-order valence-corrected chi connectivity index (χ4v) is 3.47. The zero-order valence-corrected chi connectivity index (χ0v) is 10.4. The van der Waals surface area contributed by atoms with Crippen molar-refractivity contribution in [3.8, 4) is 0 Å².